The van der Waals surface area contributed by atoms with Gasteiger partial charge in [-0.3, -0.25) is 0 Å². The SMILES string of the molecule is CC(C)(C)[SiH2][Ti]. The molecular formula is C4H11SiTi. The molecule has 0 aliphatic rings. The zero-order chi connectivity index (χ0) is 5.21. The number of hydrogen-bond acceptors (Lipinski definition) is 0. The zero-order valence-corrected chi connectivity index (χ0v) is 7.68. The van der Waals surface area contributed by atoms with E-state index in [1.165, 1.54) is 0 Å². The molecule has 0 aromatic heterocycles. The van der Waals surface area contributed by atoms with Crippen molar-refractivity contribution in [3.8, 4) is 0 Å². The van der Waals surface area contributed by atoms with Gasteiger partial charge in [-0.25, -0.2) is 0 Å². The number of rotatable bonds is 0. The molecule has 6 heavy (non-hydrogen) atoms. The van der Waals surface area contributed by atoms with Crippen LogP contribution < -0.4 is 0 Å². The maximum absolute atomic E-state index is 2.35. The summed E-state index contributed by atoms with van der Waals surface area (Å²) >= 11 is 2.35. The standard InChI is InChI=1S/C4H11Si.Ti/c1-4(2,3)5;/h5H2,1-3H3;. The summed E-state index contributed by atoms with van der Waals surface area (Å²) in [6, 6.07) is 0. The monoisotopic (exact) mass is 135 g/mol. The van der Waals surface area contributed by atoms with Crippen LogP contribution >= 0.6 is 0 Å². The van der Waals surface area contributed by atoms with Gasteiger partial charge in [0.1, 0.15) is 0 Å². The molecular weight excluding hydrogens is 124 g/mol. The Bertz CT molecular complexity index is 37.3. The summed E-state index contributed by atoms with van der Waals surface area (Å²) in [6.07, 6.45) is 0. The predicted octanol–water partition coefficient (Wildman–Crippen LogP) is 0.835. The van der Waals surface area contributed by atoms with Gasteiger partial charge in [-0.15, -0.1) is 0 Å². The van der Waals surface area contributed by atoms with E-state index in [2.05, 4.69) is 40.5 Å². The van der Waals surface area contributed by atoms with E-state index in [9.17, 15) is 0 Å². The molecule has 0 atom stereocenters. The molecule has 0 radical (unpaired) electrons. The van der Waals surface area contributed by atoms with Gasteiger partial charge < -0.3 is 0 Å². The second-order valence-electron chi connectivity index (χ2n) is 2.74. The van der Waals surface area contributed by atoms with Gasteiger partial charge >= 0.3 is 52.9 Å². The van der Waals surface area contributed by atoms with Crippen molar-refractivity contribution in [3.05, 3.63) is 0 Å². The molecule has 2 heteroatoms. The zero-order valence-electron chi connectivity index (χ0n) is 4.71. The van der Waals surface area contributed by atoms with Crippen LogP contribution in [0.4, 0.5) is 0 Å². The average molecular weight is 135 g/mol. The van der Waals surface area contributed by atoms with Crippen molar-refractivity contribution in [1.82, 2.24) is 0 Å². The van der Waals surface area contributed by atoms with E-state index < -0.39 is 0 Å². The van der Waals surface area contributed by atoms with Gasteiger partial charge in [0.25, 0.3) is 0 Å². The summed E-state index contributed by atoms with van der Waals surface area (Å²) in [5.41, 5.74) is 0. The van der Waals surface area contributed by atoms with Gasteiger partial charge in [0.2, 0.25) is 0 Å². The summed E-state index contributed by atoms with van der Waals surface area (Å²) in [7, 11) is 0.252. The van der Waals surface area contributed by atoms with Crippen molar-refractivity contribution in [2.45, 2.75) is 25.8 Å². The third-order valence-electron chi connectivity index (χ3n) is 0.530. The van der Waals surface area contributed by atoms with E-state index in [1.54, 1.807) is 0 Å². The molecule has 0 aromatic rings. The Morgan fingerprint density at radius 3 is 1.50 bits per heavy atom. The molecule has 0 aliphatic carbocycles. The Labute approximate surface area is 53.1 Å². The molecule has 0 spiro atoms. The topological polar surface area (TPSA) is 0 Å². The van der Waals surface area contributed by atoms with Crippen LogP contribution in [0.3, 0.4) is 0 Å². The normalized spacial score (nSPS) is 13.7. The van der Waals surface area contributed by atoms with Crippen LogP contribution in [-0.4, -0.2) is 7.39 Å². The van der Waals surface area contributed by atoms with Crippen LogP contribution in [0, 0.1) is 0 Å². The van der Waals surface area contributed by atoms with Crippen molar-refractivity contribution in [2.75, 3.05) is 0 Å². The van der Waals surface area contributed by atoms with E-state index >= 15 is 0 Å². The molecule has 35 valence electrons. The molecule has 0 N–H and O–H groups in total. The Hall–Kier alpha value is 0.931. The molecule has 0 bridgehead atoms. The summed E-state index contributed by atoms with van der Waals surface area (Å²) in [5, 5.41) is 0.681. The van der Waals surface area contributed by atoms with Gasteiger partial charge in [-0.05, 0) is 0 Å². The average Bonchev–Trinajstić information content (AvgIpc) is 1.35. The van der Waals surface area contributed by atoms with Crippen molar-refractivity contribution in [2.24, 2.45) is 0 Å². The molecule has 0 unspecified atom stereocenters. The van der Waals surface area contributed by atoms with Crippen LogP contribution in [0.25, 0.3) is 0 Å². The Kier molecular flexibility index (Phi) is 2.65. The van der Waals surface area contributed by atoms with Gasteiger partial charge in [0, 0.05) is 0 Å². The fraction of sp³-hybridized carbons (Fsp3) is 1.00. The van der Waals surface area contributed by atoms with Gasteiger partial charge in [-0.2, -0.15) is 0 Å². The summed E-state index contributed by atoms with van der Waals surface area (Å²) < 4.78 is 0. The third-order valence-corrected chi connectivity index (χ3v) is 6.56. The Morgan fingerprint density at radius 1 is 1.33 bits per heavy atom. The molecule has 0 saturated heterocycles. The Balaban J connectivity index is 3.17. The quantitative estimate of drug-likeness (QED) is 0.431. The molecule has 0 aliphatic heterocycles. The minimum absolute atomic E-state index is 0.252. The fourth-order valence-corrected chi connectivity index (χ4v) is 0. The molecule has 0 heterocycles. The summed E-state index contributed by atoms with van der Waals surface area (Å²) in [6.45, 7) is 6.91. The first-order valence-corrected chi connectivity index (χ1v) is 6.93. The van der Waals surface area contributed by atoms with Crippen molar-refractivity contribution in [3.63, 3.8) is 0 Å². The molecule has 0 aromatic carbocycles. The molecule has 0 rings (SSSR count). The first kappa shape index (κ1) is 6.93. The second kappa shape index (κ2) is 2.29. The van der Waals surface area contributed by atoms with Crippen molar-refractivity contribution < 1.29 is 19.7 Å². The van der Waals surface area contributed by atoms with E-state index in [4.69, 9.17) is 0 Å². The molecule has 0 amide bonds. The molecule has 0 saturated carbocycles. The first-order valence-electron chi connectivity index (χ1n) is 2.21. The molecule has 0 fully saturated rings. The Morgan fingerprint density at radius 2 is 1.50 bits per heavy atom. The third kappa shape index (κ3) is 4.93. The van der Waals surface area contributed by atoms with Crippen LogP contribution in [0.2, 0.25) is 5.04 Å². The summed E-state index contributed by atoms with van der Waals surface area (Å²) in [5.74, 6) is 0. The van der Waals surface area contributed by atoms with E-state index in [1.807, 2.05) is 0 Å². The second-order valence-corrected chi connectivity index (χ2v) is 6.87. The molecule has 0 nitrogen and oxygen atoms in total. The van der Waals surface area contributed by atoms with Gasteiger partial charge in [0.15, 0.2) is 0 Å². The van der Waals surface area contributed by atoms with Crippen LogP contribution in [0.15, 0.2) is 0 Å². The fourth-order valence-electron chi connectivity index (χ4n) is 0. The summed E-state index contributed by atoms with van der Waals surface area (Å²) in [4.78, 5) is 0. The van der Waals surface area contributed by atoms with Crippen molar-refractivity contribution in [1.29, 1.82) is 0 Å². The van der Waals surface area contributed by atoms with Crippen LogP contribution in [0.1, 0.15) is 20.8 Å². The van der Waals surface area contributed by atoms with E-state index in [0.717, 1.165) is 0 Å². The van der Waals surface area contributed by atoms with Gasteiger partial charge in [0.05, 0.1) is 0 Å². The van der Waals surface area contributed by atoms with Crippen LogP contribution in [-0.2, 0) is 19.7 Å². The maximum atomic E-state index is 2.35. The predicted molar refractivity (Wildman–Crippen MR) is 28.3 cm³/mol. The number of hydrogen-bond donors (Lipinski definition) is 0. The first-order chi connectivity index (χ1) is 2.56. The van der Waals surface area contributed by atoms with E-state index in [-0.39, 0.29) is 7.39 Å². The van der Waals surface area contributed by atoms with Crippen molar-refractivity contribution >= 4 is 7.39 Å². The van der Waals surface area contributed by atoms with Gasteiger partial charge in [-0.1, -0.05) is 0 Å². The minimum atomic E-state index is 0.252. The van der Waals surface area contributed by atoms with E-state index in [0.29, 0.717) is 5.04 Å². The van der Waals surface area contributed by atoms with Crippen LogP contribution in [0.5, 0.6) is 0 Å².